The maximum atomic E-state index is 5.97. The maximum Gasteiger partial charge on any atom is 0.275 e. The van der Waals surface area contributed by atoms with Gasteiger partial charge in [-0.2, -0.15) is 4.57 Å². The normalized spacial score (nSPS) is 11.6. The Labute approximate surface area is 72.6 Å². The van der Waals surface area contributed by atoms with Crippen LogP contribution in [0.4, 0.5) is 0 Å². The monoisotopic (exact) mass is 170 g/mol. The zero-order chi connectivity index (χ0) is 8.48. The predicted molar refractivity (Wildman–Crippen MR) is 46.6 cm³/mol. The molecule has 1 aromatic rings. The fourth-order valence-corrected chi connectivity index (χ4v) is 1.35. The number of halogens is 1. The molecule has 1 rings (SSSR count). The molecule has 0 fully saturated rings. The van der Waals surface area contributed by atoms with Crippen LogP contribution in [0.25, 0.3) is 0 Å². The van der Waals surface area contributed by atoms with E-state index in [1.807, 2.05) is 29.0 Å². The highest BCUT2D eigenvalue weighted by Gasteiger charge is 2.23. The number of hydrogen-bond acceptors (Lipinski definition) is 0. The van der Waals surface area contributed by atoms with Crippen LogP contribution in [0.3, 0.4) is 0 Å². The van der Waals surface area contributed by atoms with Gasteiger partial charge in [0.15, 0.2) is 11.7 Å². The number of rotatable bonds is 0. The van der Waals surface area contributed by atoms with Gasteiger partial charge >= 0.3 is 0 Å². The first-order chi connectivity index (χ1) is 5.02. The molecule has 0 atom stereocenters. The van der Waals surface area contributed by atoms with Gasteiger partial charge in [0.05, 0.1) is 0 Å². The van der Waals surface area contributed by atoms with Gasteiger partial charge in [-0.05, 0) is 17.7 Å². The van der Waals surface area contributed by atoms with Gasteiger partial charge in [-0.15, -0.1) is 0 Å². The number of hydrogen-bond donors (Lipinski definition) is 0. The topological polar surface area (TPSA) is 3.88 Å². The van der Waals surface area contributed by atoms with Gasteiger partial charge in [0, 0.05) is 32.9 Å². The molecule has 11 heavy (non-hydrogen) atoms. The van der Waals surface area contributed by atoms with Crippen LogP contribution in [0, 0.1) is 0 Å². The summed E-state index contributed by atoms with van der Waals surface area (Å²) in [5, 5.41) is 0.778. The van der Waals surface area contributed by atoms with Crippen LogP contribution < -0.4 is 4.57 Å². The van der Waals surface area contributed by atoms with Crippen molar-refractivity contribution in [1.29, 1.82) is 0 Å². The minimum atomic E-state index is 0.0678. The SMILES string of the molecule is CC(C)(C)[n+]1ccccc1Cl. The van der Waals surface area contributed by atoms with E-state index in [0.29, 0.717) is 0 Å². The number of nitrogens with zero attached hydrogens (tertiary/aromatic N) is 1. The first-order valence-corrected chi connectivity index (χ1v) is 4.06. The van der Waals surface area contributed by atoms with E-state index in [4.69, 9.17) is 11.6 Å². The van der Waals surface area contributed by atoms with Gasteiger partial charge in [0.25, 0.3) is 5.15 Å². The Morgan fingerprint density at radius 3 is 2.27 bits per heavy atom. The van der Waals surface area contributed by atoms with Crippen molar-refractivity contribution in [3.8, 4) is 0 Å². The summed E-state index contributed by atoms with van der Waals surface area (Å²) in [5.41, 5.74) is 0.0678. The van der Waals surface area contributed by atoms with E-state index < -0.39 is 0 Å². The molecule has 0 amide bonds. The van der Waals surface area contributed by atoms with Crippen molar-refractivity contribution in [3.63, 3.8) is 0 Å². The van der Waals surface area contributed by atoms with E-state index in [1.54, 1.807) is 0 Å². The Kier molecular flexibility index (Phi) is 2.19. The highest BCUT2D eigenvalue weighted by Crippen LogP contribution is 2.09. The Hall–Kier alpha value is -0.560. The van der Waals surface area contributed by atoms with Crippen molar-refractivity contribution in [1.82, 2.24) is 0 Å². The van der Waals surface area contributed by atoms with E-state index in [0.717, 1.165) is 5.15 Å². The molecule has 0 N–H and O–H groups in total. The smallest absolute Gasteiger partial charge is 0.184 e. The molecule has 0 aliphatic carbocycles. The van der Waals surface area contributed by atoms with Gasteiger partial charge < -0.3 is 0 Å². The lowest BCUT2D eigenvalue weighted by atomic mass is 10.1. The summed E-state index contributed by atoms with van der Waals surface area (Å²) in [5.74, 6) is 0. The van der Waals surface area contributed by atoms with Crippen LogP contribution >= 0.6 is 11.6 Å². The molecule has 0 saturated heterocycles. The van der Waals surface area contributed by atoms with Crippen LogP contribution in [0.2, 0.25) is 5.15 Å². The second-order valence-corrected chi connectivity index (χ2v) is 3.95. The van der Waals surface area contributed by atoms with E-state index in [-0.39, 0.29) is 5.54 Å². The van der Waals surface area contributed by atoms with Gasteiger partial charge in [0.2, 0.25) is 0 Å². The summed E-state index contributed by atoms with van der Waals surface area (Å²) in [4.78, 5) is 0. The molecule has 0 aliphatic heterocycles. The van der Waals surface area contributed by atoms with E-state index in [1.165, 1.54) is 0 Å². The first-order valence-electron chi connectivity index (χ1n) is 3.68. The summed E-state index contributed by atoms with van der Waals surface area (Å²) < 4.78 is 2.04. The third-order valence-electron chi connectivity index (χ3n) is 1.53. The molecule has 0 aliphatic rings. The molecular weight excluding hydrogens is 158 g/mol. The molecule has 60 valence electrons. The third-order valence-corrected chi connectivity index (χ3v) is 1.84. The maximum absolute atomic E-state index is 5.97. The second-order valence-electron chi connectivity index (χ2n) is 3.56. The standard InChI is InChI=1S/C9H13ClN/c1-9(2,3)11-7-5-4-6-8(11)10/h4-7H,1-3H3/q+1. The van der Waals surface area contributed by atoms with Gasteiger partial charge in [-0.3, -0.25) is 0 Å². The van der Waals surface area contributed by atoms with Crippen LogP contribution in [0.15, 0.2) is 24.4 Å². The third kappa shape index (κ3) is 1.93. The minimum Gasteiger partial charge on any atom is -0.184 e. The Morgan fingerprint density at radius 1 is 1.27 bits per heavy atom. The van der Waals surface area contributed by atoms with Gasteiger partial charge in [0.1, 0.15) is 0 Å². The highest BCUT2D eigenvalue weighted by molar-refractivity contribution is 6.28. The van der Waals surface area contributed by atoms with Gasteiger partial charge in [-0.25, -0.2) is 0 Å². The molecule has 0 saturated carbocycles. The van der Waals surface area contributed by atoms with Crippen LogP contribution in [0.5, 0.6) is 0 Å². The first kappa shape index (κ1) is 8.54. The molecular formula is C9H13ClN+. The van der Waals surface area contributed by atoms with Crippen molar-refractivity contribution in [2.75, 3.05) is 0 Å². The van der Waals surface area contributed by atoms with Crippen molar-refractivity contribution >= 4 is 11.6 Å². The van der Waals surface area contributed by atoms with E-state index >= 15 is 0 Å². The summed E-state index contributed by atoms with van der Waals surface area (Å²) in [6.45, 7) is 6.37. The number of aromatic nitrogens is 1. The quantitative estimate of drug-likeness (QED) is 0.416. The molecule has 1 nitrogen and oxygen atoms in total. The fraction of sp³-hybridized carbons (Fsp3) is 0.444. The zero-order valence-corrected chi connectivity index (χ0v) is 7.89. The van der Waals surface area contributed by atoms with Crippen LogP contribution in [-0.4, -0.2) is 0 Å². The second kappa shape index (κ2) is 2.82. The molecule has 1 heterocycles. The predicted octanol–water partition coefficient (Wildman–Crippen LogP) is 2.38. The zero-order valence-electron chi connectivity index (χ0n) is 7.13. The van der Waals surface area contributed by atoms with Crippen LogP contribution in [-0.2, 0) is 5.54 Å². The molecule has 0 unspecified atom stereocenters. The fourth-order valence-electron chi connectivity index (χ4n) is 0.966. The average molecular weight is 171 g/mol. The van der Waals surface area contributed by atoms with Crippen molar-refractivity contribution in [2.24, 2.45) is 0 Å². The lowest BCUT2D eigenvalue weighted by Gasteiger charge is -2.13. The summed E-state index contributed by atoms with van der Waals surface area (Å²) in [6, 6.07) is 5.81. The summed E-state index contributed by atoms with van der Waals surface area (Å²) >= 11 is 5.97. The molecule has 1 aromatic heterocycles. The Balaban J connectivity index is 3.14. The Bertz CT molecular complexity index is 250. The van der Waals surface area contributed by atoms with Crippen molar-refractivity contribution < 1.29 is 4.57 Å². The lowest BCUT2D eigenvalue weighted by Crippen LogP contribution is -2.50. The summed E-state index contributed by atoms with van der Waals surface area (Å²) in [7, 11) is 0. The number of pyridine rings is 1. The van der Waals surface area contributed by atoms with Crippen molar-refractivity contribution in [2.45, 2.75) is 26.3 Å². The molecule has 0 aromatic carbocycles. The Morgan fingerprint density at radius 2 is 1.91 bits per heavy atom. The molecule has 0 spiro atoms. The van der Waals surface area contributed by atoms with Crippen molar-refractivity contribution in [3.05, 3.63) is 29.5 Å². The lowest BCUT2D eigenvalue weighted by molar-refractivity contribution is -0.752. The molecule has 0 radical (unpaired) electrons. The molecule has 2 heteroatoms. The van der Waals surface area contributed by atoms with E-state index in [2.05, 4.69) is 20.8 Å². The largest absolute Gasteiger partial charge is 0.275 e. The van der Waals surface area contributed by atoms with Gasteiger partial charge in [-0.1, -0.05) is 0 Å². The summed E-state index contributed by atoms with van der Waals surface area (Å²) in [6.07, 6.45) is 1.99. The molecule has 0 bridgehead atoms. The highest BCUT2D eigenvalue weighted by atomic mass is 35.5. The minimum absolute atomic E-state index is 0.0678. The van der Waals surface area contributed by atoms with E-state index in [9.17, 15) is 0 Å². The average Bonchev–Trinajstić information content (AvgIpc) is 1.86. The van der Waals surface area contributed by atoms with Crippen LogP contribution in [0.1, 0.15) is 20.8 Å².